The molecule has 0 aromatic carbocycles. The van der Waals surface area contributed by atoms with Gasteiger partial charge in [-0.05, 0) is 37.0 Å². The molecule has 0 amide bonds. The van der Waals surface area contributed by atoms with Gasteiger partial charge in [0.15, 0.2) is 6.10 Å². The highest BCUT2D eigenvalue weighted by molar-refractivity contribution is 5.71. The third-order valence-electron chi connectivity index (χ3n) is 11.8. The van der Waals surface area contributed by atoms with E-state index in [-0.39, 0.29) is 31.1 Å². The zero-order valence-corrected chi connectivity index (χ0v) is 39.1. The van der Waals surface area contributed by atoms with Crippen molar-refractivity contribution in [1.29, 1.82) is 0 Å². The first-order valence-corrected chi connectivity index (χ1v) is 25.1. The number of rotatable bonds is 44. The van der Waals surface area contributed by atoms with E-state index in [4.69, 9.17) is 14.2 Å². The highest BCUT2D eigenvalue weighted by Gasteiger charge is 2.19. The molecule has 1 unspecified atom stereocenters. The summed E-state index contributed by atoms with van der Waals surface area (Å²) in [6, 6.07) is 0. The highest BCUT2D eigenvalue weighted by Crippen LogP contribution is 2.18. The van der Waals surface area contributed by atoms with Crippen LogP contribution < -0.4 is 0 Å². The zero-order valence-electron chi connectivity index (χ0n) is 39.1. The number of esters is 3. The SMILES string of the molecule is CCC(C)CCCCCCCCCCC(=O)OC[C@H](COC(=O)CCCCCCCCCCCCCCCCC(C)C)OC(=O)CCCCCCCCCC(C)C. The van der Waals surface area contributed by atoms with Crippen molar-refractivity contribution in [3.05, 3.63) is 0 Å². The minimum Gasteiger partial charge on any atom is -0.462 e. The second-order valence-electron chi connectivity index (χ2n) is 18.6. The van der Waals surface area contributed by atoms with Crippen molar-refractivity contribution in [3.8, 4) is 0 Å². The smallest absolute Gasteiger partial charge is 0.306 e. The van der Waals surface area contributed by atoms with Crippen molar-refractivity contribution >= 4 is 17.9 Å². The molecule has 0 aliphatic rings. The normalized spacial score (nSPS) is 12.6. The van der Waals surface area contributed by atoms with Crippen LogP contribution in [0.4, 0.5) is 0 Å². The molecule has 6 heteroatoms. The molecule has 0 fully saturated rings. The lowest BCUT2D eigenvalue weighted by molar-refractivity contribution is -0.167. The predicted molar refractivity (Wildman–Crippen MR) is 243 cm³/mol. The molecule has 6 nitrogen and oxygen atoms in total. The highest BCUT2D eigenvalue weighted by atomic mass is 16.6. The molecule has 0 saturated carbocycles. The maximum absolute atomic E-state index is 12.7. The maximum atomic E-state index is 12.7. The molecule has 0 spiro atoms. The van der Waals surface area contributed by atoms with Crippen LogP contribution in [-0.2, 0) is 28.6 Å². The number of hydrogen-bond donors (Lipinski definition) is 0. The summed E-state index contributed by atoms with van der Waals surface area (Å²) in [5.41, 5.74) is 0. The van der Waals surface area contributed by atoms with Gasteiger partial charge < -0.3 is 14.2 Å². The Kier molecular flexibility index (Phi) is 41.3. The Balaban J connectivity index is 4.28. The summed E-state index contributed by atoms with van der Waals surface area (Å²) in [6.07, 6.45) is 40.9. The van der Waals surface area contributed by atoms with Crippen molar-refractivity contribution in [2.75, 3.05) is 13.2 Å². The minimum absolute atomic E-state index is 0.0658. The lowest BCUT2D eigenvalue weighted by atomic mass is 9.99. The van der Waals surface area contributed by atoms with Gasteiger partial charge >= 0.3 is 17.9 Å². The molecule has 57 heavy (non-hydrogen) atoms. The van der Waals surface area contributed by atoms with Gasteiger partial charge in [-0.1, -0.05) is 234 Å². The van der Waals surface area contributed by atoms with Crippen LogP contribution in [0.2, 0.25) is 0 Å². The summed E-state index contributed by atoms with van der Waals surface area (Å²) in [7, 11) is 0. The van der Waals surface area contributed by atoms with Gasteiger partial charge in [-0.25, -0.2) is 0 Å². The molecule has 0 N–H and O–H groups in total. The Hall–Kier alpha value is -1.59. The van der Waals surface area contributed by atoms with Crippen LogP contribution in [0.1, 0.15) is 273 Å². The fourth-order valence-electron chi connectivity index (χ4n) is 7.55. The average molecular weight is 807 g/mol. The van der Waals surface area contributed by atoms with E-state index in [9.17, 15) is 14.4 Å². The lowest BCUT2D eigenvalue weighted by Crippen LogP contribution is -2.30. The molecule has 0 aromatic heterocycles. The monoisotopic (exact) mass is 807 g/mol. The molecular formula is C51H98O6. The number of ether oxygens (including phenoxy) is 3. The molecule has 0 aliphatic carbocycles. The van der Waals surface area contributed by atoms with Gasteiger partial charge in [-0.15, -0.1) is 0 Å². The fourth-order valence-corrected chi connectivity index (χ4v) is 7.55. The van der Waals surface area contributed by atoms with E-state index in [1.165, 1.54) is 154 Å². The van der Waals surface area contributed by atoms with Crippen molar-refractivity contribution in [2.45, 2.75) is 279 Å². The van der Waals surface area contributed by atoms with Crippen LogP contribution in [0.25, 0.3) is 0 Å². The van der Waals surface area contributed by atoms with Gasteiger partial charge in [0.05, 0.1) is 0 Å². The van der Waals surface area contributed by atoms with Crippen molar-refractivity contribution < 1.29 is 28.6 Å². The van der Waals surface area contributed by atoms with Gasteiger partial charge in [0.2, 0.25) is 0 Å². The van der Waals surface area contributed by atoms with E-state index in [1.54, 1.807) is 0 Å². The summed E-state index contributed by atoms with van der Waals surface area (Å²) < 4.78 is 16.8. The van der Waals surface area contributed by atoms with Gasteiger partial charge in [-0.3, -0.25) is 14.4 Å². The zero-order chi connectivity index (χ0) is 42.0. The average Bonchev–Trinajstić information content (AvgIpc) is 3.18. The molecule has 0 rings (SSSR count). The van der Waals surface area contributed by atoms with Crippen LogP contribution in [0.15, 0.2) is 0 Å². The van der Waals surface area contributed by atoms with E-state index < -0.39 is 6.10 Å². The molecule has 0 radical (unpaired) electrons. The summed E-state index contributed by atoms with van der Waals surface area (Å²) in [4.78, 5) is 37.8. The van der Waals surface area contributed by atoms with Gasteiger partial charge in [0.1, 0.15) is 13.2 Å². The largest absolute Gasteiger partial charge is 0.462 e. The van der Waals surface area contributed by atoms with Gasteiger partial charge in [0.25, 0.3) is 0 Å². The number of carbonyl (C=O) groups is 3. The van der Waals surface area contributed by atoms with E-state index in [0.717, 1.165) is 75.5 Å². The van der Waals surface area contributed by atoms with Gasteiger partial charge in [-0.2, -0.15) is 0 Å². The summed E-state index contributed by atoms with van der Waals surface area (Å²) >= 11 is 0. The summed E-state index contributed by atoms with van der Waals surface area (Å²) in [5, 5.41) is 0. The Morgan fingerprint density at radius 2 is 0.614 bits per heavy atom. The summed E-state index contributed by atoms with van der Waals surface area (Å²) in [5.74, 6) is 1.61. The second kappa shape index (κ2) is 42.5. The third kappa shape index (κ3) is 43.8. The van der Waals surface area contributed by atoms with Gasteiger partial charge in [0, 0.05) is 19.3 Å². The third-order valence-corrected chi connectivity index (χ3v) is 11.8. The molecule has 0 aliphatic heterocycles. The lowest BCUT2D eigenvalue weighted by Gasteiger charge is -2.18. The quantitative estimate of drug-likeness (QED) is 0.0347. The first-order chi connectivity index (χ1) is 27.6. The van der Waals surface area contributed by atoms with Crippen LogP contribution >= 0.6 is 0 Å². The fraction of sp³-hybridized carbons (Fsp3) is 0.941. The Bertz CT molecular complexity index is 885. The Morgan fingerprint density at radius 3 is 0.912 bits per heavy atom. The number of unbranched alkanes of at least 4 members (excludes halogenated alkanes) is 26. The van der Waals surface area contributed by atoms with E-state index in [2.05, 4.69) is 41.5 Å². The minimum atomic E-state index is -0.763. The topological polar surface area (TPSA) is 78.9 Å². The molecule has 0 bridgehead atoms. The summed E-state index contributed by atoms with van der Waals surface area (Å²) in [6.45, 7) is 13.7. The van der Waals surface area contributed by atoms with Crippen LogP contribution in [0.3, 0.4) is 0 Å². The Morgan fingerprint density at radius 1 is 0.351 bits per heavy atom. The second-order valence-corrected chi connectivity index (χ2v) is 18.6. The van der Waals surface area contributed by atoms with Crippen LogP contribution in [-0.4, -0.2) is 37.2 Å². The van der Waals surface area contributed by atoms with E-state index >= 15 is 0 Å². The number of carbonyl (C=O) groups excluding carboxylic acids is 3. The maximum Gasteiger partial charge on any atom is 0.306 e. The predicted octanol–water partition coefficient (Wildman–Crippen LogP) is 16.0. The Labute approximate surface area is 355 Å². The first-order valence-electron chi connectivity index (χ1n) is 25.1. The van der Waals surface area contributed by atoms with Crippen molar-refractivity contribution in [2.24, 2.45) is 17.8 Å². The van der Waals surface area contributed by atoms with E-state index in [1.807, 2.05) is 0 Å². The molecule has 0 saturated heterocycles. The molecule has 0 aromatic rings. The van der Waals surface area contributed by atoms with E-state index in [0.29, 0.717) is 19.3 Å². The van der Waals surface area contributed by atoms with Crippen LogP contribution in [0, 0.1) is 17.8 Å². The van der Waals surface area contributed by atoms with Crippen molar-refractivity contribution in [1.82, 2.24) is 0 Å². The standard InChI is InChI=1S/C51H98O6/c1-7-47(6)39-33-27-21-16-17-23-29-35-41-50(53)56-44-48(57-51(54)42-36-30-24-18-20-26-32-38-46(4)5)43-55-49(52)40-34-28-22-15-13-11-9-8-10-12-14-19-25-31-37-45(2)3/h45-48H,7-44H2,1-6H3/t47?,48-/m0/s1. The molecule has 2 atom stereocenters. The van der Waals surface area contributed by atoms with Crippen LogP contribution in [0.5, 0.6) is 0 Å². The molecule has 338 valence electrons. The number of hydrogen-bond acceptors (Lipinski definition) is 6. The molecule has 0 heterocycles. The molecular weight excluding hydrogens is 709 g/mol. The first kappa shape index (κ1) is 55.4. The van der Waals surface area contributed by atoms with Crippen molar-refractivity contribution in [3.63, 3.8) is 0 Å².